The topological polar surface area (TPSA) is 111 Å². The van der Waals surface area contributed by atoms with Gasteiger partial charge in [-0.25, -0.2) is 14.6 Å². The highest BCUT2D eigenvalue weighted by Crippen LogP contribution is 2.25. The first-order chi connectivity index (χ1) is 16.5. The Balaban J connectivity index is 1.53. The number of rotatable bonds is 8. The molecule has 8 heteroatoms. The van der Waals surface area contributed by atoms with E-state index in [-0.39, 0.29) is 12.5 Å². The molecule has 174 valence electrons. The Kier molecular flexibility index (Phi) is 7.19. The first-order valence-corrected chi connectivity index (χ1v) is 10.7. The lowest BCUT2D eigenvalue weighted by atomic mass is 10.0. The van der Waals surface area contributed by atoms with Crippen molar-refractivity contribution in [1.29, 1.82) is 0 Å². The molecular weight excluding hydrogens is 436 g/mol. The molecule has 1 heterocycles. The predicted molar refractivity (Wildman–Crippen MR) is 124 cm³/mol. The molecule has 0 aliphatic carbocycles. The van der Waals surface area contributed by atoms with E-state index in [1.54, 1.807) is 12.1 Å². The Morgan fingerprint density at radius 1 is 1.00 bits per heavy atom. The van der Waals surface area contributed by atoms with Crippen molar-refractivity contribution in [1.82, 2.24) is 10.3 Å². The second-order valence-electron chi connectivity index (χ2n) is 7.67. The van der Waals surface area contributed by atoms with Crippen LogP contribution < -0.4 is 5.32 Å². The lowest BCUT2D eigenvalue weighted by Crippen LogP contribution is -2.41. The fourth-order valence-corrected chi connectivity index (χ4v) is 3.51. The number of hydrogen-bond donors (Lipinski definition) is 2. The first kappa shape index (κ1) is 23.0. The molecule has 0 saturated heterocycles. The van der Waals surface area contributed by atoms with Crippen LogP contribution in [0, 0.1) is 0 Å². The van der Waals surface area contributed by atoms with Crippen molar-refractivity contribution >= 4 is 23.2 Å². The van der Waals surface area contributed by atoms with Gasteiger partial charge in [0, 0.05) is 0 Å². The van der Waals surface area contributed by atoms with Crippen LogP contribution >= 0.6 is 0 Å². The number of methoxy groups -OCH3 is 1. The van der Waals surface area contributed by atoms with E-state index in [1.165, 1.54) is 13.2 Å². The normalized spacial score (nSPS) is 12.6. The molecule has 8 nitrogen and oxygen atoms in total. The molecule has 0 spiro atoms. The number of amides is 1. The summed E-state index contributed by atoms with van der Waals surface area (Å²) in [5.41, 5.74) is 2.83. The number of nitrogens with one attached hydrogen (secondary N) is 1. The molecule has 4 aromatic rings. The van der Waals surface area contributed by atoms with E-state index in [0.29, 0.717) is 23.1 Å². The molecule has 0 radical (unpaired) electrons. The van der Waals surface area contributed by atoms with Gasteiger partial charge in [-0.2, -0.15) is 0 Å². The van der Waals surface area contributed by atoms with Crippen molar-refractivity contribution in [2.45, 2.75) is 25.2 Å². The van der Waals surface area contributed by atoms with Crippen LogP contribution in [0.25, 0.3) is 11.1 Å². The molecule has 0 saturated carbocycles. The lowest BCUT2D eigenvalue weighted by molar-refractivity contribution is 0.0600. The zero-order chi connectivity index (χ0) is 23.9. The van der Waals surface area contributed by atoms with Gasteiger partial charge >= 0.3 is 12.1 Å². The molecule has 2 unspecified atom stereocenters. The average molecular weight is 460 g/mol. The van der Waals surface area contributed by atoms with E-state index in [0.717, 1.165) is 11.1 Å². The number of carbonyl (C=O) groups is 2. The first-order valence-electron chi connectivity index (χ1n) is 10.7. The summed E-state index contributed by atoms with van der Waals surface area (Å²) in [6.45, 7) is 0.0972. The number of esters is 1. The fourth-order valence-electron chi connectivity index (χ4n) is 3.51. The van der Waals surface area contributed by atoms with Gasteiger partial charge in [-0.15, -0.1) is 0 Å². The minimum absolute atomic E-state index is 0.0151. The zero-order valence-electron chi connectivity index (χ0n) is 18.5. The lowest BCUT2D eigenvalue weighted by Gasteiger charge is -2.22. The maximum atomic E-state index is 12.5. The summed E-state index contributed by atoms with van der Waals surface area (Å²) in [5.74, 6) is -0.494. The van der Waals surface area contributed by atoms with E-state index in [2.05, 4.69) is 10.3 Å². The molecule has 2 N–H and O–H groups in total. The Labute approximate surface area is 196 Å². The SMILES string of the molecule is COC(=O)c1ccc2nc(C(O)C(Cc3ccccc3)NC(=O)OCc3ccccc3)oc2c1. The average Bonchev–Trinajstić information content (AvgIpc) is 3.31. The number of aromatic nitrogens is 1. The molecule has 2 atom stereocenters. The minimum atomic E-state index is -1.27. The predicted octanol–water partition coefficient (Wildman–Crippen LogP) is 4.19. The Morgan fingerprint density at radius 2 is 1.68 bits per heavy atom. The van der Waals surface area contributed by atoms with E-state index < -0.39 is 24.2 Å². The van der Waals surface area contributed by atoms with Crippen LogP contribution in [0.1, 0.15) is 33.5 Å². The summed E-state index contributed by atoms with van der Waals surface area (Å²) >= 11 is 0. The molecule has 34 heavy (non-hydrogen) atoms. The van der Waals surface area contributed by atoms with Gasteiger partial charge < -0.3 is 24.3 Å². The quantitative estimate of drug-likeness (QED) is 0.379. The van der Waals surface area contributed by atoms with Crippen LogP contribution in [0.15, 0.2) is 83.3 Å². The van der Waals surface area contributed by atoms with Crippen LogP contribution in [0.4, 0.5) is 4.79 Å². The molecule has 0 aliphatic heterocycles. The summed E-state index contributed by atoms with van der Waals surface area (Å²) in [6, 6.07) is 22.6. The number of benzene rings is 3. The fraction of sp³-hybridized carbons (Fsp3) is 0.192. The van der Waals surface area contributed by atoms with Gasteiger partial charge in [0.05, 0.1) is 18.7 Å². The molecule has 0 fully saturated rings. The van der Waals surface area contributed by atoms with Gasteiger partial charge in [-0.3, -0.25) is 0 Å². The monoisotopic (exact) mass is 460 g/mol. The van der Waals surface area contributed by atoms with Crippen molar-refractivity contribution in [3.63, 3.8) is 0 Å². The van der Waals surface area contributed by atoms with Gasteiger partial charge in [0.1, 0.15) is 12.1 Å². The van der Waals surface area contributed by atoms with Gasteiger partial charge in [-0.1, -0.05) is 60.7 Å². The standard InChI is InChI=1S/C26H24N2O6/c1-32-25(30)19-12-13-20-22(15-19)34-24(27-20)23(29)21(14-17-8-4-2-5-9-17)28-26(31)33-16-18-10-6-3-7-11-18/h2-13,15,21,23,29H,14,16H2,1H3,(H,28,31). The molecule has 4 rings (SSSR count). The third kappa shape index (κ3) is 5.60. The third-order valence-electron chi connectivity index (χ3n) is 5.27. The summed E-state index contributed by atoms with van der Waals surface area (Å²) < 4.78 is 15.8. The Bertz CT molecular complexity index is 1260. The van der Waals surface area contributed by atoms with Crippen molar-refractivity contribution in [3.05, 3.63) is 101 Å². The van der Waals surface area contributed by atoms with Crippen LogP contribution in [0.3, 0.4) is 0 Å². The van der Waals surface area contributed by atoms with Crippen LogP contribution in [0.5, 0.6) is 0 Å². The van der Waals surface area contributed by atoms with E-state index in [9.17, 15) is 14.7 Å². The van der Waals surface area contributed by atoms with Crippen molar-refractivity contribution in [2.75, 3.05) is 7.11 Å². The van der Waals surface area contributed by atoms with Gasteiger partial charge in [-0.05, 0) is 35.7 Å². The van der Waals surface area contributed by atoms with Gasteiger partial charge in [0.2, 0.25) is 5.89 Å². The second-order valence-corrected chi connectivity index (χ2v) is 7.67. The highest BCUT2D eigenvalue weighted by Gasteiger charge is 2.28. The van der Waals surface area contributed by atoms with E-state index in [1.807, 2.05) is 60.7 Å². The summed E-state index contributed by atoms with van der Waals surface area (Å²) in [6.07, 6.45) is -1.62. The molecule has 0 bridgehead atoms. The largest absolute Gasteiger partial charge is 0.465 e. The highest BCUT2D eigenvalue weighted by atomic mass is 16.5. The summed E-state index contributed by atoms with van der Waals surface area (Å²) in [5, 5.41) is 13.8. The molecule has 0 aliphatic rings. The van der Waals surface area contributed by atoms with Crippen LogP contribution in [-0.2, 0) is 22.5 Å². The van der Waals surface area contributed by atoms with Gasteiger partial charge in [0.25, 0.3) is 0 Å². The summed E-state index contributed by atoms with van der Waals surface area (Å²) in [4.78, 5) is 28.7. The third-order valence-corrected chi connectivity index (χ3v) is 5.27. The number of aliphatic hydroxyl groups excluding tert-OH is 1. The number of fused-ring (bicyclic) bond motifs is 1. The minimum Gasteiger partial charge on any atom is -0.465 e. The van der Waals surface area contributed by atoms with Gasteiger partial charge in [0.15, 0.2) is 11.7 Å². The number of nitrogens with zero attached hydrogens (tertiary/aromatic N) is 1. The van der Waals surface area contributed by atoms with Crippen molar-refractivity contribution in [3.8, 4) is 0 Å². The highest BCUT2D eigenvalue weighted by molar-refractivity contribution is 5.93. The Morgan fingerprint density at radius 3 is 2.35 bits per heavy atom. The molecule has 1 amide bonds. The second kappa shape index (κ2) is 10.6. The van der Waals surface area contributed by atoms with E-state index in [4.69, 9.17) is 13.9 Å². The zero-order valence-corrected chi connectivity index (χ0v) is 18.5. The summed E-state index contributed by atoms with van der Waals surface area (Å²) in [7, 11) is 1.29. The Hall–Kier alpha value is -4.17. The van der Waals surface area contributed by atoms with Crippen molar-refractivity contribution < 1.29 is 28.6 Å². The number of alkyl carbamates (subject to hydrolysis) is 1. The maximum Gasteiger partial charge on any atom is 0.407 e. The number of hydrogen-bond acceptors (Lipinski definition) is 7. The molecule has 3 aromatic carbocycles. The number of oxazole rings is 1. The van der Waals surface area contributed by atoms with Crippen molar-refractivity contribution in [2.24, 2.45) is 0 Å². The number of carbonyl (C=O) groups excluding carboxylic acids is 2. The maximum absolute atomic E-state index is 12.5. The molecular formula is C26H24N2O6. The van der Waals surface area contributed by atoms with Crippen LogP contribution in [0.2, 0.25) is 0 Å². The molecule has 1 aromatic heterocycles. The van der Waals surface area contributed by atoms with E-state index >= 15 is 0 Å². The number of aliphatic hydroxyl groups is 1. The van der Waals surface area contributed by atoms with Crippen LogP contribution in [-0.4, -0.2) is 35.3 Å². The number of ether oxygens (including phenoxy) is 2. The smallest absolute Gasteiger partial charge is 0.407 e.